The number of hydrogen-bond donors (Lipinski definition) is 2. The van der Waals surface area contributed by atoms with Gasteiger partial charge >= 0.3 is 0 Å². The van der Waals surface area contributed by atoms with E-state index in [9.17, 15) is 4.79 Å². The summed E-state index contributed by atoms with van der Waals surface area (Å²) < 4.78 is 0. The summed E-state index contributed by atoms with van der Waals surface area (Å²) in [5.41, 5.74) is 6.70. The van der Waals surface area contributed by atoms with Crippen molar-refractivity contribution in [3.05, 3.63) is 23.9 Å². The largest absolute Gasteiger partial charge is 0.363 e. The smallest absolute Gasteiger partial charge is 0.237 e. The van der Waals surface area contributed by atoms with E-state index in [4.69, 9.17) is 5.73 Å². The summed E-state index contributed by atoms with van der Waals surface area (Å²) in [6.45, 7) is 4.42. The first-order valence-corrected chi connectivity index (χ1v) is 6.62. The van der Waals surface area contributed by atoms with Crippen molar-refractivity contribution in [1.29, 1.82) is 0 Å². The van der Waals surface area contributed by atoms with Crippen molar-refractivity contribution in [2.75, 3.05) is 19.0 Å². The van der Waals surface area contributed by atoms with Crippen LogP contribution in [0.2, 0.25) is 0 Å². The van der Waals surface area contributed by atoms with Gasteiger partial charge in [-0.05, 0) is 18.1 Å². The number of aromatic nitrogens is 1. The number of rotatable bonds is 6. The number of hydrogen-bond acceptors (Lipinski definition) is 4. The number of pyridine rings is 1. The van der Waals surface area contributed by atoms with Crippen molar-refractivity contribution in [3.8, 4) is 0 Å². The molecule has 2 atom stereocenters. The highest BCUT2D eigenvalue weighted by Crippen LogP contribution is 2.08. The Morgan fingerprint density at radius 2 is 2.16 bits per heavy atom. The van der Waals surface area contributed by atoms with Gasteiger partial charge in [-0.2, -0.15) is 0 Å². The van der Waals surface area contributed by atoms with Crippen molar-refractivity contribution in [3.63, 3.8) is 0 Å². The summed E-state index contributed by atoms with van der Waals surface area (Å²) in [6, 6.07) is 5.29. The minimum atomic E-state index is -0.456. The molecule has 1 heterocycles. The van der Waals surface area contributed by atoms with Gasteiger partial charge in [-0.25, -0.2) is 4.98 Å². The summed E-state index contributed by atoms with van der Waals surface area (Å²) in [4.78, 5) is 18.2. The topological polar surface area (TPSA) is 71.2 Å². The first kappa shape index (κ1) is 15.4. The van der Waals surface area contributed by atoms with Crippen LogP contribution in [0.15, 0.2) is 18.2 Å². The lowest BCUT2D eigenvalue weighted by Crippen LogP contribution is -2.44. The Kier molecular flexibility index (Phi) is 5.76. The van der Waals surface area contributed by atoms with Crippen LogP contribution in [0.4, 0.5) is 5.82 Å². The van der Waals surface area contributed by atoms with Crippen LogP contribution in [0.1, 0.15) is 26.0 Å². The summed E-state index contributed by atoms with van der Waals surface area (Å²) in [7, 11) is 3.87. The van der Waals surface area contributed by atoms with Crippen LogP contribution in [-0.2, 0) is 11.3 Å². The van der Waals surface area contributed by atoms with Crippen LogP contribution in [0, 0.1) is 5.92 Å². The lowest BCUT2D eigenvalue weighted by Gasteiger charge is -2.18. The molecule has 0 aliphatic heterocycles. The molecule has 5 nitrogen and oxygen atoms in total. The second kappa shape index (κ2) is 7.09. The van der Waals surface area contributed by atoms with Crippen molar-refractivity contribution in [2.24, 2.45) is 11.7 Å². The monoisotopic (exact) mass is 264 g/mol. The number of carbonyl (C=O) groups is 1. The van der Waals surface area contributed by atoms with Crippen molar-refractivity contribution in [1.82, 2.24) is 10.3 Å². The van der Waals surface area contributed by atoms with Gasteiger partial charge in [0, 0.05) is 14.1 Å². The number of nitrogens with one attached hydrogen (secondary N) is 1. The zero-order valence-corrected chi connectivity index (χ0v) is 12.2. The number of carbonyl (C=O) groups excluding carboxylic acids is 1. The molecule has 19 heavy (non-hydrogen) atoms. The van der Waals surface area contributed by atoms with Gasteiger partial charge < -0.3 is 16.0 Å². The van der Waals surface area contributed by atoms with Gasteiger partial charge in [-0.15, -0.1) is 0 Å². The van der Waals surface area contributed by atoms with Crippen molar-refractivity contribution in [2.45, 2.75) is 32.9 Å². The third-order valence-electron chi connectivity index (χ3n) is 3.25. The van der Waals surface area contributed by atoms with Gasteiger partial charge in [-0.3, -0.25) is 4.79 Å². The number of anilines is 1. The van der Waals surface area contributed by atoms with E-state index < -0.39 is 6.04 Å². The lowest BCUT2D eigenvalue weighted by molar-refractivity contribution is -0.123. The number of nitrogens with zero attached hydrogens (tertiary/aromatic N) is 2. The average molecular weight is 264 g/mol. The Bertz CT molecular complexity index is 420. The molecule has 106 valence electrons. The molecule has 0 saturated heterocycles. The standard InChI is InChI=1S/C14H24N4O/c1-5-10(2)13(15)14(19)16-9-11-7-6-8-12(17-11)18(3)4/h6-8,10,13H,5,9,15H2,1-4H3,(H,16,19). The summed E-state index contributed by atoms with van der Waals surface area (Å²) in [5.74, 6) is 0.936. The van der Waals surface area contributed by atoms with Gasteiger partial charge in [0.1, 0.15) is 5.82 Å². The van der Waals surface area contributed by atoms with Gasteiger partial charge in [-0.1, -0.05) is 26.3 Å². The van der Waals surface area contributed by atoms with Crippen LogP contribution in [-0.4, -0.2) is 31.0 Å². The van der Waals surface area contributed by atoms with Crippen LogP contribution in [0.3, 0.4) is 0 Å². The quantitative estimate of drug-likeness (QED) is 0.808. The molecule has 1 rings (SSSR count). The zero-order valence-electron chi connectivity index (χ0n) is 12.2. The molecule has 1 amide bonds. The molecule has 0 aliphatic carbocycles. The molecule has 0 saturated carbocycles. The van der Waals surface area contributed by atoms with Crippen LogP contribution in [0.5, 0.6) is 0 Å². The maximum absolute atomic E-state index is 11.9. The molecular weight excluding hydrogens is 240 g/mol. The Balaban J connectivity index is 2.57. The minimum Gasteiger partial charge on any atom is -0.363 e. The van der Waals surface area contributed by atoms with E-state index >= 15 is 0 Å². The maximum atomic E-state index is 11.9. The molecule has 1 aromatic rings. The van der Waals surface area contributed by atoms with Gasteiger partial charge in [0.25, 0.3) is 0 Å². The molecule has 5 heteroatoms. The highest BCUT2D eigenvalue weighted by molar-refractivity contribution is 5.81. The van der Waals surface area contributed by atoms with E-state index in [1.54, 1.807) is 0 Å². The first-order valence-electron chi connectivity index (χ1n) is 6.62. The molecule has 0 aromatic carbocycles. The SMILES string of the molecule is CCC(C)C(N)C(=O)NCc1cccc(N(C)C)n1. The van der Waals surface area contributed by atoms with Crippen LogP contribution < -0.4 is 16.0 Å². The molecule has 0 aliphatic rings. The Morgan fingerprint density at radius 1 is 1.47 bits per heavy atom. The van der Waals surface area contributed by atoms with Crippen molar-refractivity contribution >= 4 is 11.7 Å². The van der Waals surface area contributed by atoms with Gasteiger partial charge in [0.15, 0.2) is 0 Å². The molecule has 1 aromatic heterocycles. The molecule has 0 fully saturated rings. The van der Waals surface area contributed by atoms with E-state index in [0.29, 0.717) is 6.54 Å². The number of amides is 1. The highest BCUT2D eigenvalue weighted by atomic mass is 16.2. The lowest BCUT2D eigenvalue weighted by atomic mass is 9.99. The van der Waals surface area contributed by atoms with Crippen molar-refractivity contribution < 1.29 is 4.79 Å². The predicted molar refractivity (Wildman–Crippen MR) is 77.8 cm³/mol. The third-order valence-corrected chi connectivity index (χ3v) is 3.25. The van der Waals surface area contributed by atoms with E-state index in [2.05, 4.69) is 10.3 Å². The Morgan fingerprint density at radius 3 is 2.74 bits per heavy atom. The van der Waals surface area contributed by atoms with E-state index in [0.717, 1.165) is 17.9 Å². The fraction of sp³-hybridized carbons (Fsp3) is 0.571. The van der Waals surface area contributed by atoms with E-state index in [1.807, 2.05) is 51.0 Å². The minimum absolute atomic E-state index is 0.119. The number of nitrogens with two attached hydrogens (primary N) is 1. The van der Waals surface area contributed by atoms with Gasteiger partial charge in [0.05, 0.1) is 18.3 Å². The molecule has 0 bridgehead atoms. The van der Waals surface area contributed by atoms with Crippen LogP contribution in [0.25, 0.3) is 0 Å². The molecular formula is C14H24N4O. The summed E-state index contributed by atoms with van der Waals surface area (Å²) >= 11 is 0. The Labute approximate surface area is 115 Å². The average Bonchev–Trinajstić information content (AvgIpc) is 2.43. The maximum Gasteiger partial charge on any atom is 0.237 e. The molecule has 2 unspecified atom stereocenters. The molecule has 0 radical (unpaired) electrons. The fourth-order valence-electron chi connectivity index (χ4n) is 1.62. The predicted octanol–water partition coefficient (Wildman–Crippen LogP) is 1.14. The van der Waals surface area contributed by atoms with Gasteiger partial charge in [0.2, 0.25) is 5.91 Å². The fourth-order valence-corrected chi connectivity index (χ4v) is 1.62. The summed E-state index contributed by atoms with van der Waals surface area (Å²) in [5, 5.41) is 2.84. The zero-order chi connectivity index (χ0) is 14.4. The molecule has 0 spiro atoms. The van der Waals surface area contributed by atoms with E-state index in [-0.39, 0.29) is 11.8 Å². The normalized spacial score (nSPS) is 13.7. The highest BCUT2D eigenvalue weighted by Gasteiger charge is 2.18. The van der Waals surface area contributed by atoms with Crippen LogP contribution >= 0.6 is 0 Å². The second-order valence-electron chi connectivity index (χ2n) is 5.01. The second-order valence-corrected chi connectivity index (χ2v) is 5.01. The molecule has 3 N–H and O–H groups in total. The summed E-state index contributed by atoms with van der Waals surface area (Å²) in [6.07, 6.45) is 0.892. The first-order chi connectivity index (χ1) is 8.95. The third kappa shape index (κ3) is 4.52. The van der Waals surface area contributed by atoms with E-state index in [1.165, 1.54) is 0 Å². The Hall–Kier alpha value is -1.62.